The molecule has 98 valence electrons. The first-order chi connectivity index (χ1) is 9.33. The second-order valence-corrected chi connectivity index (χ2v) is 4.67. The minimum absolute atomic E-state index is 0.754. The average molecular weight is 255 g/mol. The first kappa shape index (κ1) is 11.8. The lowest BCUT2D eigenvalue weighted by atomic mass is 10.2. The Hall–Kier alpha value is -2.23. The number of para-hydroxylation sites is 2. The summed E-state index contributed by atoms with van der Waals surface area (Å²) in [6.07, 6.45) is 2.77. The van der Waals surface area contributed by atoms with Crippen molar-refractivity contribution in [1.29, 1.82) is 0 Å². The Labute approximate surface area is 112 Å². The first-order valence-corrected chi connectivity index (χ1v) is 6.50. The molecule has 0 radical (unpaired) electrons. The van der Waals surface area contributed by atoms with E-state index in [0.29, 0.717) is 0 Å². The van der Waals surface area contributed by atoms with Crippen molar-refractivity contribution >= 4 is 11.4 Å². The van der Waals surface area contributed by atoms with Crippen LogP contribution in [0.25, 0.3) is 0 Å². The van der Waals surface area contributed by atoms with Crippen LogP contribution in [-0.4, -0.2) is 18.1 Å². The smallest absolute Gasteiger partial charge is 0.142 e. The van der Waals surface area contributed by atoms with Crippen LogP contribution in [0.3, 0.4) is 0 Å². The number of anilines is 2. The molecule has 0 bridgehead atoms. The Morgan fingerprint density at radius 3 is 3.05 bits per heavy atom. The Morgan fingerprint density at radius 1 is 1.26 bits per heavy atom. The summed E-state index contributed by atoms with van der Waals surface area (Å²) < 4.78 is 5.75. The van der Waals surface area contributed by atoms with Gasteiger partial charge in [-0.2, -0.15) is 0 Å². The second kappa shape index (κ2) is 5.18. The van der Waals surface area contributed by atoms with Gasteiger partial charge in [0.05, 0.1) is 24.5 Å². The van der Waals surface area contributed by atoms with Crippen LogP contribution >= 0.6 is 0 Å². The van der Waals surface area contributed by atoms with Crippen molar-refractivity contribution < 1.29 is 4.74 Å². The topological polar surface area (TPSA) is 51.4 Å². The van der Waals surface area contributed by atoms with Gasteiger partial charge in [0.25, 0.3) is 0 Å². The second-order valence-electron chi connectivity index (χ2n) is 4.67. The van der Waals surface area contributed by atoms with E-state index in [9.17, 15) is 0 Å². The molecule has 1 aliphatic heterocycles. The van der Waals surface area contributed by atoms with Crippen LogP contribution in [-0.2, 0) is 6.54 Å². The molecule has 0 saturated heterocycles. The molecular formula is C15H17N3O. The molecule has 0 fully saturated rings. The number of hydrogen-bond donors (Lipinski definition) is 1. The van der Waals surface area contributed by atoms with Gasteiger partial charge < -0.3 is 15.4 Å². The van der Waals surface area contributed by atoms with Crippen molar-refractivity contribution in [3.63, 3.8) is 0 Å². The number of pyridine rings is 1. The van der Waals surface area contributed by atoms with Gasteiger partial charge in [-0.1, -0.05) is 12.1 Å². The van der Waals surface area contributed by atoms with Crippen LogP contribution in [0.15, 0.2) is 42.6 Å². The maximum Gasteiger partial charge on any atom is 0.142 e. The number of fused-ring (bicyclic) bond motifs is 1. The molecule has 1 aliphatic rings. The average Bonchev–Trinajstić information content (AvgIpc) is 2.62. The molecule has 4 nitrogen and oxygen atoms in total. The van der Waals surface area contributed by atoms with Crippen molar-refractivity contribution in [1.82, 2.24) is 4.98 Å². The SMILES string of the molecule is Nc1ccnc(CN2CCCOc3ccccc32)c1. The van der Waals surface area contributed by atoms with Crippen molar-refractivity contribution in [2.24, 2.45) is 0 Å². The van der Waals surface area contributed by atoms with Crippen molar-refractivity contribution in [2.75, 3.05) is 23.8 Å². The molecule has 2 N–H and O–H groups in total. The van der Waals surface area contributed by atoms with Crippen molar-refractivity contribution in [2.45, 2.75) is 13.0 Å². The zero-order chi connectivity index (χ0) is 13.1. The van der Waals surface area contributed by atoms with Gasteiger partial charge in [-0.15, -0.1) is 0 Å². The van der Waals surface area contributed by atoms with E-state index in [1.54, 1.807) is 6.20 Å². The maximum atomic E-state index is 5.81. The highest BCUT2D eigenvalue weighted by Crippen LogP contribution is 2.31. The fourth-order valence-corrected chi connectivity index (χ4v) is 2.34. The third-order valence-corrected chi connectivity index (χ3v) is 3.23. The molecule has 1 aromatic heterocycles. The number of ether oxygens (including phenoxy) is 1. The molecule has 4 heteroatoms. The molecular weight excluding hydrogens is 238 g/mol. The largest absolute Gasteiger partial charge is 0.491 e. The molecule has 19 heavy (non-hydrogen) atoms. The molecule has 0 saturated carbocycles. The van der Waals surface area contributed by atoms with Crippen LogP contribution in [0.5, 0.6) is 5.75 Å². The number of nitrogens with two attached hydrogens (primary N) is 1. The van der Waals surface area contributed by atoms with E-state index in [0.717, 1.165) is 48.9 Å². The molecule has 1 aromatic carbocycles. The predicted molar refractivity (Wildman–Crippen MR) is 76.3 cm³/mol. The summed E-state index contributed by atoms with van der Waals surface area (Å²) in [6, 6.07) is 11.9. The van der Waals surface area contributed by atoms with Gasteiger partial charge in [-0.3, -0.25) is 4.98 Å². The first-order valence-electron chi connectivity index (χ1n) is 6.50. The molecule has 0 aliphatic carbocycles. The number of hydrogen-bond acceptors (Lipinski definition) is 4. The van der Waals surface area contributed by atoms with Gasteiger partial charge in [0.2, 0.25) is 0 Å². The highest BCUT2D eigenvalue weighted by Gasteiger charge is 2.16. The molecule has 0 atom stereocenters. The number of aromatic nitrogens is 1. The van der Waals surface area contributed by atoms with Crippen LogP contribution in [0.2, 0.25) is 0 Å². The highest BCUT2D eigenvalue weighted by atomic mass is 16.5. The van der Waals surface area contributed by atoms with E-state index >= 15 is 0 Å². The fourth-order valence-electron chi connectivity index (χ4n) is 2.34. The molecule has 2 heterocycles. The Morgan fingerprint density at radius 2 is 2.16 bits per heavy atom. The minimum atomic E-state index is 0.754. The van der Waals surface area contributed by atoms with Gasteiger partial charge >= 0.3 is 0 Å². The van der Waals surface area contributed by atoms with Crippen LogP contribution in [0.1, 0.15) is 12.1 Å². The third kappa shape index (κ3) is 2.62. The van der Waals surface area contributed by atoms with E-state index in [2.05, 4.69) is 16.0 Å². The van der Waals surface area contributed by atoms with Gasteiger partial charge in [-0.05, 0) is 30.7 Å². The number of rotatable bonds is 2. The highest BCUT2D eigenvalue weighted by molar-refractivity contribution is 5.59. The summed E-state index contributed by atoms with van der Waals surface area (Å²) in [7, 11) is 0. The molecule has 0 spiro atoms. The lowest BCUT2D eigenvalue weighted by molar-refractivity contribution is 0.322. The number of nitrogen functional groups attached to an aromatic ring is 1. The number of benzene rings is 1. The quantitative estimate of drug-likeness (QED) is 0.895. The van der Waals surface area contributed by atoms with Gasteiger partial charge in [0, 0.05) is 18.4 Å². The Kier molecular flexibility index (Phi) is 3.23. The summed E-state index contributed by atoms with van der Waals surface area (Å²) in [6.45, 7) is 2.48. The lowest BCUT2D eigenvalue weighted by Gasteiger charge is -2.23. The van der Waals surface area contributed by atoms with Crippen LogP contribution in [0.4, 0.5) is 11.4 Å². The van der Waals surface area contributed by atoms with Gasteiger partial charge in [-0.25, -0.2) is 0 Å². The summed E-state index contributed by atoms with van der Waals surface area (Å²) in [4.78, 5) is 6.67. The standard InChI is InChI=1S/C15H17N3O/c16-12-6-7-17-13(10-12)11-18-8-3-9-19-15-5-2-1-4-14(15)18/h1-2,4-7,10H,3,8-9,11H2,(H2,16,17). The van der Waals surface area contributed by atoms with E-state index < -0.39 is 0 Å². The summed E-state index contributed by atoms with van der Waals surface area (Å²) in [5.41, 5.74) is 8.67. The summed E-state index contributed by atoms with van der Waals surface area (Å²) in [5.74, 6) is 0.948. The predicted octanol–water partition coefficient (Wildman–Crippen LogP) is 2.45. The Bertz CT molecular complexity index is 571. The van der Waals surface area contributed by atoms with Crippen molar-refractivity contribution in [3.05, 3.63) is 48.3 Å². The normalized spacial score (nSPS) is 14.4. The van der Waals surface area contributed by atoms with E-state index in [1.165, 1.54) is 0 Å². The molecule has 0 unspecified atom stereocenters. The van der Waals surface area contributed by atoms with Gasteiger partial charge in [0.15, 0.2) is 0 Å². The third-order valence-electron chi connectivity index (χ3n) is 3.23. The van der Waals surface area contributed by atoms with Crippen molar-refractivity contribution in [3.8, 4) is 5.75 Å². The van der Waals surface area contributed by atoms with Crippen LogP contribution < -0.4 is 15.4 Å². The zero-order valence-corrected chi connectivity index (χ0v) is 10.7. The summed E-state index contributed by atoms with van der Waals surface area (Å²) >= 11 is 0. The maximum absolute atomic E-state index is 5.81. The van der Waals surface area contributed by atoms with E-state index in [4.69, 9.17) is 10.5 Å². The van der Waals surface area contributed by atoms with E-state index in [-0.39, 0.29) is 0 Å². The monoisotopic (exact) mass is 255 g/mol. The minimum Gasteiger partial charge on any atom is -0.491 e. The Balaban J connectivity index is 1.88. The number of nitrogens with zero attached hydrogens (tertiary/aromatic N) is 2. The zero-order valence-electron chi connectivity index (χ0n) is 10.7. The van der Waals surface area contributed by atoms with Crippen LogP contribution in [0, 0.1) is 0 Å². The molecule has 2 aromatic rings. The molecule has 0 amide bonds. The summed E-state index contributed by atoms with van der Waals surface area (Å²) in [5, 5.41) is 0. The lowest BCUT2D eigenvalue weighted by Crippen LogP contribution is -2.23. The van der Waals surface area contributed by atoms with Gasteiger partial charge in [0.1, 0.15) is 5.75 Å². The molecule has 3 rings (SSSR count). The van der Waals surface area contributed by atoms with E-state index in [1.807, 2.05) is 30.3 Å². The fraction of sp³-hybridized carbons (Fsp3) is 0.267.